The molecule has 1 aliphatic heterocycles. The number of nitrogens with two attached hydrogens (primary N) is 1. The summed E-state index contributed by atoms with van der Waals surface area (Å²) in [6.07, 6.45) is 8.36. The Morgan fingerprint density at radius 2 is 1.91 bits per heavy atom. The molecule has 0 radical (unpaired) electrons. The van der Waals surface area contributed by atoms with E-state index < -0.39 is 5.97 Å². The normalized spacial score (nSPS) is 20.5. The number of hydrogen-bond acceptors (Lipinski definition) is 6. The van der Waals surface area contributed by atoms with Crippen LogP contribution in [0.15, 0.2) is 12.3 Å². The summed E-state index contributed by atoms with van der Waals surface area (Å²) >= 11 is 0. The van der Waals surface area contributed by atoms with Crippen molar-refractivity contribution in [3.8, 4) is 0 Å². The Morgan fingerprint density at radius 3 is 2.52 bits per heavy atom. The smallest absolute Gasteiger partial charge is 0.339 e. The quantitative estimate of drug-likeness (QED) is 0.858. The fraction of sp³-hybridized carbons (Fsp3) is 0.647. The third kappa shape index (κ3) is 3.58. The number of nitrogens with zero attached hydrogens (tertiary/aromatic N) is 3. The predicted octanol–water partition coefficient (Wildman–Crippen LogP) is 1.91. The predicted molar refractivity (Wildman–Crippen MR) is 90.6 cm³/mol. The van der Waals surface area contributed by atoms with Gasteiger partial charge >= 0.3 is 5.97 Å². The van der Waals surface area contributed by atoms with Gasteiger partial charge < -0.3 is 15.4 Å². The van der Waals surface area contributed by atoms with Gasteiger partial charge in [-0.05, 0) is 18.9 Å². The first kappa shape index (κ1) is 16.1. The highest BCUT2D eigenvalue weighted by Crippen LogP contribution is 2.26. The summed E-state index contributed by atoms with van der Waals surface area (Å²) in [5, 5.41) is 0. The molecule has 1 aromatic rings. The minimum atomic E-state index is -0.405. The van der Waals surface area contributed by atoms with Crippen LogP contribution in [0.1, 0.15) is 42.5 Å². The van der Waals surface area contributed by atoms with Gasteiger partial charge in [0.15, 0.2) is 5.82 Å². The maximum Gasteiger partial charge on any atom is 0.339 e. The van der Waals surface area contributed by atoms with E-state index in [0.29, 0.717) is 11.3 Å². The average molecular weight is 318 g/mol. The zero-order chi connectivity index (χ0) is 16.2. The number of pyridine rings is 1. The van der Waals surface area contributed by atoms with Crippen molar-refractivity contribution in [2.24, 2.45) is 0 Å². The van der Waals surface area contributed by atoms with Crippen molar-refractivity contribution in [3.05, 3.63) is 17.8 Å². The summed E-state index contributed by atoms with van der Waals surface area (Å²) < 4.78 is 4.70. The molecule has 6 heteroatoms. The van der Waals surface area contributed by atoms with Crippen LogP contribution in [-0.2, 0) is 4.74 Å². The molecule has 1 saturated carbocycles. The van der Waals surface area contributed by atoms with Crippen LogP contribution in [0.5, 0.6) is 0 Å². The number of nitrogen functional groups attached to an aromatic ring is 1. The van der Waals surface area contributed by atoms with Crippen LogP contribution in [0.2, 0.25) is 0 Å². The number of esters is 1. The second kappa shape index (κ2) is 7.17. The highest BCUT2D eigenvalue weighted by molar-refractivity contribution is 5.90. The van der Waals surface area contributed by atoms with E-state index in [1.54, 1.807) is 12.3 Å². The topological polar surface area (TPSA) is 71.7 Å². The van der Waals surface area contributed by atoms with Crippen LogP contribution < -0.4 is 10.6 Å². The number of aromatic nitrogens is 1. The van der Waals surface area contributed by atoms with E-state index in [-0.39, 0.29) is 0 Å². The van der Waals surface area contributed by atoms with Gasteiger partial charge in [0.05, 0.1) is 18.4 Å². The minimum absolute atomic E-state index is 0.398. The van der Waals surface area contributed by atoms with Crippen molar-refractivity contribution < 1.29 is 9.53 Å². The Kier molecular flexibility index (Phi) is 5.00. The monoisotopic (exact) mass is 318 g/mol. The lowest BCUT2D eigenvalue weighted by molar-refractivity contribution is 0.0600. The highest BCUT2D eigenvalue weighted by Gasteiger charge is 2.26. The second-order valence-corrected chi connectivity index (χ2v) is 6.44. The Bertz CT molecular complexity index is 550. The van der Waals surface area contributed by atoms with E-state index in [0.717, 1.165) is 38.0 Å². The number of carbonyl (C=O) groups excluding carboxylic acids is 1. The molecule has 1 saturated heterocycles. The molecule has 0 bridgehead atoms. The van der Waals surface area contributed by atoms with Gasteiger partial charge in [-0.1, -0.05) is 19.3 Å². The largest absolute Gasteiger partial charge is 0.465 e. The molecule has 0 atom stereocenters. The molecule has 2 heterocycles. The Morgan fingerprint density at radius 1 is 1.22 bits per heavy atom. The standard InChI is InChI=1S/C17H26N4O2/c1-23-17(22)13-11-15(18)16(19-12-13)21-9-7-20(8-10-21)14-5-3-2-4-6-14/h11-12,14H,2-10,18H2,1H3. The lowest BCUT2D eigenvalue weighted by Crippen LogP contribution is -2.51. The summed E-state index contributed by atoms with van der Waals surface area (Å²) in [6, 6.07) is 2.42. The zero-order valence-electron chi connectivity index (χ0n) is 13.8. The summed E-state index contributed by atoms with van der Waals surface area (Å²) in [6.45, 7) is 3.99. The molecule has 3 rings (SSSR count). The van der Waals surface area contributed by atoms with Gasteiger partial charge in [-0.3, -0.25) is 4.90 Å². The summed E-state index contributed by atoms with van der Waals surface area (Å²) in [4.78, 5) is 20.8. The van der Waals surface area contributed by atoms with Gasteiger partial charge in [0.1, 0.15) is 0 Å². The molecule has 23 heavy (non-hydrogen) atoms. The van der Waals surface area contributed by atoms with E-state index in [9.17, 15) is 4.79 Å². The maximum absolute atomic E-state index is 11.5. The van der Waals surface area contributed by atoms with Gasteiger partial charge in [0.2, 0.25) is 0 Å². The summed E-state index contributed by atoms with van der Waals surface area (Å²) in [5.74, 6) is 0.374. The van der Waals surface area contributed by atoms with Crippen LogP contribution in [0.25, 0.3) is 0 Å². The van der Waals surface area contributed by atoms with Crippen molar-refractivity contribution in [1.29, 1.82) is 0 Å². The number of carbonyl (C=O) groups is 1. The molecule has 1 aromatic heterocycles. The first-order valence-corrected chi connectivity index (χ1v) is 8.52. The van der Waals surface area contributed by atoms with Crippen LogP contribution in [0, 0.1) is 0 Å². The maximum atomic E-state index is 11.5. The van der Waals surface area contributed by atoms with Crippen molar-refractivity contribution >= 4 is 17.5 Å². The van der Waals surface area contributed by atoms with Gasteiger partial charge in [0, 0.05) is 38.4 Å². The van der Waals surface area contributed by atoms with Crippen molar-refractivity contribution in [2.45, 2.75) is 38.1 Å². The Balaban J connectivity index is 1.62. The van der Waals surface area contributed by atoms with E-state index in [4.69, 9.17) is 10.5 Å². The third-order valence-corrected chi connectivity index (χ3v) is 5.02. The molecular weight excluding hydrogens is 292 g/mol. The van der Waals surface area contributed by atoms with Gasteiger partial charge in [-0.25, -0.2) is 9.78 Å². The third-order valence-electron chi connectivity index (χ3n) is 5.02. The molecule has 0 unspecified atom stereocenters. The van der Waals surface area contributed by atoms with Gasteiger partial charge in [0.25, 0.3) is 0 Å². The number of methoxy groups -OCH3 is 1. The molecule has 2 N–H and O–H groups in total. The molecule has 6 nitrogen and oxygen atoms in total. The lowest BCUT2D eigenvalue weighted by Gasteiger charge is -2.41. The van der Waals surface area contributed by atoms with E-state index in [1.165, 1.54) is 39.2 Å². The number of hydrogen-bond donors (Lipinski definition) is 1. The van der Waals surface area contributed by atoms with Crippen LogP contribution in [0.3, 0.4) is 0 Å². The lowest BCUT2D eigenvalue weighted by atomic mass is 9.94. The first-order chi connectivity index (χ1) is 11.2. The van der Waals surface area contributed by atoms with Crippen LogP contribution in [0.4, 0.5) is 11.5 Å². The van der Waals surface area contributed by atoms with Crippen LogP contribution >= 0.6 is 0 Å². The van der Waals surface area contributed by atoms with Crippen molar-refractivity contribution in [2.75, 3.05) is 43.9 Å². The minimum Gasteiger partial charge on any atom is -0.465 e. The summed E-state index contributed by atoms with van der Waals surface area (Å²) in [7, 11) is 1.36. The number of piperazine rings is 1. The van der Waals surface area contributed by atoms with Gasteiger partial charge in [-0.15, -0.1) is 0 Å². The van der Waals surface area contributed by atoms with Crippen molar-refractivity contribution in [3.63, 3.8) is 0 Å². The SMILES string of the molecule is COC(=O)c1cnc(N2CCN(C3CCCCC3)CC2)c(N)c1. The fourth-order valence-electron chi connectivity index (χ4n) is 3.71. The molecule has 1 aliphatic carbocycles. The van der Waals surface area contributed by atoms with Crippen LogP contribution in [-0.4, -0.2) is 55.2 Å². The molecule has 2 fully saturated rings. The van der Waals surface area contributed by atoms with Gasteiger partial charge in [-0.2, -0.15) is 0 Å². The van der Waals surface area contributed by atoms with E-state index in [1.807, 2.05) is 0 Å². The molecule has 0 amide bonds. The Labute approximate surface area is 137 Å². The number of rotatable bonds is 3. The first-order valence-electron chi connectivity index (χ1n) is 8.52. The molecular formula is C17H26N4O2. The highest BCUT2D eigenvalue weighted by atomic mass is 16.5. The average Bonchev–Trinajstić information content (AvgIpc) is 2.62. The summed E-state index contributed by atoms with van der Waals surface area (Å²) in [5.41, 5.74) is 7.04. The van der Waals surface area contributed by atoms with E-state index >= 15 is 0 Å². The number of ether oxygens (including phenoxy) is 1. The molecule has 0 spiro atoms. The van der Waals surface area contributed by atoms with Crippen molar-refractivity contribution in [1.82, 2.24) is 9.88 Å². The number of anilines is 2. The molecule has 126 valence electrons. The Hall–Kier alpha value is -1.82. The second-order valence-electron chi connectivity index (χ2n) is 6.44. The fourth-order valence-corrected chi connectivity index (χ4v) is 3.71. The molecule has 0 aromatic carbocycles. The van der Waals surface area contributed by atoms with E-state index in [2.05, 4.69) is 14.8 Å². The molecule has 2 aliphatic rings. The zero-order valence-corrected chi connectivity index (χ0v) is 13.8.